The second-order valence-corrected chi connectivity index (χ2v) is 5.73. The molecule has 0 radical (unpaired) electrons. The smallest absolute Gasteiger partial charge is 0.225 e. The molecule has 3 rings (SSSR count). The van der Waals surface area contributed by atoms with Gasteiger partial charge in [0.25, 0.3) is 0 Å². The van der Waals surface area contributed by atoms with Crippen molar-refractivity contribution in [3.05, 3.63) is 0 Å². The topological polar surface area (TPSA) is 50.4 Å². The van der Waals surface area contributed by atoms with Gasteiger partial charge in [-0.1, -0.05) is 0 Å². The van der Waals surface area contributed by atoms with E-state index in [-0.39, 0.29) is 11.8 Å². The van der Waals surface area contributed by atoms with Gasteiger partial charge in [-0.3, -0.25) is 4.79 Å². The van der Waals surface area contributed by atoms with Crippen LogP contribution in [0.2, 0.25) is 0 Å². The minimum atomic E-state index is 0.0938. The van der Waals surface area contributed by atoms with Crippen molar-refractivity contribution in [3.8, 4) is 0 Å². The lowest BCUT2D eigenvalue weighted by Gasteiger charge is -2.31. The molecule has 1 amide bonds. The lowest BCUT2D eigenvalue weighted by molar-refractivity contribution is -0.129. The number of carbonyl (C=O) groups excluding carboxylic acids is 1. The molecule has 0 spiro atoms. The first-order valence-corrected chi connectivity index (χ1v) is 6.95. The molecule has 0 saturated carbocycles. The van der Waals surface area contributed by atoms with Crippen molar-refractivity contribution in [1.82, 2.24) is 10.6 Å². The van der Waals surface area contributed by atoms with Crippen LogP contribution in [0.25, 0.3) is 0 Å². The molecule has 0 aliphatic carbocycles. The van der Waals surface area contributed by atoms with Gasteiger partial charge in [0.15, 0.2) is 0 Å². The van der Waals surface area contributed by atoms with Crippen LogP contribution >= 0.6 is 0 Å². The van der Waals surface area contributed by atoms with Crippen molar-refractivity contribution in [3.63, 3.8) is 0 Å². The molecule has 3 aliphatic rings. The molecule has 2 bridgehead atoms. The standard InChI is InChI=1S/C13H22N2O2/c16-13(9-2-1-5-17-8-9)15-12-6-10-3-4-11(7-12)14-10/h9-12,14H,1-8H2,(H,15,16). The van der Waals surface area contributed by atoms with Crippen molar-refractivity contribution >= 4 is 5.91 Å². The highest BCUT2D eigenvalue weighted by atomic mass is 16.5. The number of hydrogen-bond acceptors (Lipinski definition) is 3. The molecule has 0 aromatic carbocycles. The number of carbonyl (C=O) groups is 1. The largest absolute Gasteiger partial charge is 0.381 e. The number of amides is 1. The van der Waals surface area contributed by atoms with Crippen molar-refractivity contribution < 1.29 is 9.53 Å². The Morgan fingerprint density at radius 2 is 1.94 bits per heavy atom. The van der Waals surface area contributed by atoms with Crippen LogP contribution in [0, 0.1) is 5.92 Å². The summed E-state index contributed by atoms with van der Waals surface area (Å²) in [4.78, 5) is 12.1. The number of ether oxygens (including phenoxy) is 1. The Balaban J connectivity index is 1.50. The maximum atomic E-state index is 12.1. The Labute approximate surface area is 102 Å². The summed E-state index contributed by atoms with van der Waals surface area (Å²) in [5.41, 5.74) is 0. The minimum absolute atomic E-state index is 0.0938. The molecule has 4 heteroatoms. The second kappa shape index (κ2) is 4.94. The molecule has 3 unspecified atom stereocenters. The summed E-state index contributed by atoms with van der Waals surface area (Å²) in [6.07, 6.45) is 6.79. The van der Waals surface area contributed by atoms with E-state index in [9.17, 15) is 4.79 Å². The van der Waals surface area contributed by atoms with Crippen LogP contribution in [-0.4, -0.2) is 37.2 Å². The van der Waals surface area contributed by atoms with Crippen LogP contribution in [0.1, 0.15) is 38.5 Å². The van der Waals surface area contributed by atoms with Gasteiger partial charge in [0, 0.05) is 24.7 Å². The van der Waals surface area contributed by atoms with Gasteiger partial charge in [0.1, 0.15) is 0 Å². The fraction of sp³-hybridized carbons (Fsp3) is 0.923. The van der Waals surface area contributed by atoms with Crippen molar-refractivity contribution in [2.75, 3.05) is 13.2 Å². The molecule has 4 nitrogen and oxygen atoms in total. The summed E-state index contributed by atoms with van der Waals surface area (Å²) in [7, 11) is 0. The fourth-order valence-electron chi connectivity index (χ4n) is 3.44. The third kappa shape index (κ3) is 2.63. The highest BCUT2D eigenvalue weighted by molar-refractivity contribution is 5.79. The summed E-state index contributed by atoms with van der Waals surface area (Å²) in [6, 6.07) is 1.67. The van der Waals surface area contributed by atoms with Gasteiger partial charge >= 0.3 is 0 Å². The predicted molar refractivity (Wildman–Crippen MR) is 64.7 cm³/mol. The van der Waals surface area contributed by atoms with E-state index in [2.05, 4.69) is 10.6 Å². The van der Waals surface area contributed by atoms with Crippen LogP contribution in [-0.2, 0) is 9.53 Å². The molecular formula is C13H22N2O2. The lowest BCUT2D eigenvalue weighted by Crippen LogP contribution is -2.50. The molecule has 3 aliphatic heterocycles. The van der Waals surface area contributed by atoms with Gasteiger partial charge in [-0.15, -0.1) is 0 Å². The number of piperidine rings is 1. The van der Waals surface area contributed by atoms with E-state index in [1.807, 2.05) is 0 Å². The molecule has 17 heavy (non-hydrogen) atoms. The third-order valence-electron chi connectivity index (χ3n) is 4.35. The summed E-state index contributed by atoms with van der Waals surface area (Å²) in [5.74, 6) is 0.312. The highest BCUT2D eigenvalue weighted by Gasteiger charge is 2.35. The molecule has 2 N–H and O–H groups in total. The van der Waals surface area contributed by atoms with Gasteiger partial charge < -0.3 is 15.4 Å². The number of fused-ring (bicyclic) bond motifs is 2. The van der Waals surface area contributed by atoms with Gasteiger partial charge in [0.2, 0.25) is 5.91 Å². The van der Waals surface area contributed by atoms with Crippen molar-refractivity contribution in [1.29, 1.82) is 0 Å². The zero-order chi connectivity index (χ0) is 11.7. The molecule has 0 aromatic heterocycles. The SMILES string of the molecule is O=C(NC1CC2CCC(C1)N2)C1CCCOC1. The summed E-state index contributed by atoms with van der Waals surface area (Å²) >= 11 is 0. The van der Waals surface area contributed by atoms with Crippen molar-refractivity contribution in [2.45, 2.75) is 56.7 Å². The van der Waals surface area contributed by atoms with Crippen molar-refractivity contribution in [2.24, 2.45) is 5.92 Å². The maximum absolute atomic E-state index is 12.1. The Bertz CT molecular complexity index is 277. The Morgan fingerprint density at radius 3 is 2.59 bits per heavy atom. The highest BCUT2D eigenvalue weighted by Crippen LogP contribution is 2.27. The zero-order valence-electron chi connectivity index (χ0n) is 10.3. The van der Waals surface area contributed by atoms with Crippen LogP contribution in [0.3, 0.4) is 0 Å². The monoisotopic (exact) mass is 238 g/mol. The van der Waals surface area contributed by atoms with Gasteiger partial charge in [-0.25, -0.2) is 0 Å². The van der Waals surface area contributed by atoms with Crippen LogP contribution in [0.4, 0.5) is 0 Å². The quantitative estimate of drug-likeness (QED) is 0.748. The molecule has 3 fully saturated rings. The minimum Gasteiger partial charge on any atom is -0.381 e. The van der Waals surface area contributed by atoms with Gasteiger partial charge in [0.05, 0.1) is 12.5 Å². The third-order valence-corrected chi connectivity index (χ3v) is 4.35. The van der Waals surface area contributed by atoms with E-state index in [1.165, 1.54) is 12.8 Å². The number of hydrogen-bond donors (Lipinski definition) is 2. The zero-order valence-corrected chi connectivity index (χ0v) is 10.3. The molecule has 96 valence electrons. The van der Waals surface area contributed by atoms with E-state index >= 15 is 0 Å². The molecule has 0 aromatic rings. The Hall–Kier alpha value is -0.610. The van der Waals surface area contributed by atoms with Gasteiger partial charge in [-0.2, -0.15) is 0 Å². The summed E-state index contributed by atoms with van der Waals surface area (Å²) < 4.78 is 5.37. The maximum Gasteiger partial charge on any atom is 0.225 e. The molecule has 3 heterocycles. The molecule has 3 saturated heterocycles. The summed E-state index contributed by atoms with van der Waals surface area (Å²) in [6.45, 7) is 1.44. The Kier molecular flexibility index (Phi) is 3.34. The van der Waals surface area contributed by atoms with E-state index in [0.717, 1.165) is 32.3 Å². The van der Waals surface area contributed by atoms with E-state index in [1.54, 1.807) is 0 Å². The van der Waals surface area contributed by atoms with Crippen LogP contribution in [0.15, 0.2) is 0 Å². The first-order valence-electron chi connectivity index (χ1n) is 6.95. The van der Waals surface area contributed by atoms with E-state index in [4.69, 9.17) is 4.74 Å². The fourth-order valence-corrected chi connectivity index (χ4v) is 3.44. The molecular weight excluding hydrogens is 216 g/mol. The molecule has 3 atom stereocenters. The first kappa shape index (κ1) is 11.5. The predicted octanol–water partition coefficient (Wildman–Crippen LogP) is 0.812. The first-order chi connectivity index (χ1) is 8.31. The van der Waals surface area contributed by atoms with E-state index < -0.39 is 0 Å². The van der Waals surface area contributed by atoms with Gasteiger partial charge in [-0.05, 0) is 38.5 Å². The Morgan fingerprint density at radius 1 is 1.18 bits per heavy atom. The average molecular weight is 238 g/mol. The average Bonchev–Trinajstić information content (AvgIpc) is 2.70. The second-order valence-electron chi connectivity index (χ2n) is 5.73. The van der Waals surface area contributed by atoms with E-state index in [0.29, 0.717) is 24.7 Å². The normalized spacial score (nSPS) is 41.2. The number of nitrogens with one attached hydrogen (secondary N) is 2. The lowest BCUT2D eigenvalue weighted by atomic mass is 9.97. The van der Waals surface area contributed by atoms with Crippen LogP contribution < -0.4 is 10.6 Å². The number of rotatable bonds is 2. The van der Waals surface area contributed by atoms with Crippen LogP contribution in [0.5, 0.6) is 0 Å². The summed E-state index contributed by atoms with van der Waals surface area (Å²) in [5, 5.41) is 6.83.